The number of carbonyl (C=O) groups excluding carboxylic acids is 1. The molecule has 1 aliphatic rings. The molecule has 0 aromatic heterocycles. The predicted octanol–water partition coefficient (Wildman–Crippen LogP) is 1.03. The van der Waals surface area contributed by atoms with Gasteiger partial charge in [0.15, 0.2) is 0 Å². The van der Waals surface area contributed by atoms with Gasteiger partial charge in [0.25, 0.3) is 0 Å². The molecule has 1 fully saturated rings. The van der Waals surface area contributed by atoms with Crippen molar-refractivity contribution in [1.82, 2.24) is 5.32 Å². The maximum Gasteiger partial charge on any atom is 0.236 e. The summed E-state index contributed by atoms with van der Waals surface area (Å²) in [5, 5.41) is 2.91. The minimum atomic E-state index is -0.330. The van der Waals surface area contributed by atoms with Crippen molar-refractivity contribution in [2.75, 3.05) is 6.54 Å². The fourth-order valence-electron chi connectivity index (χ4n) is 1.57. The summed E-state index contributed by atoms with van der Waals surface area (Å²) >= 11 is 0. The van der Waals surface area contributed by atoms with E-state index in [1.807, 2.05) is 6.92 Å². The molecule has 3 N–H and O–H groups in total. The highest BCUT2D eigenvalue weighted by Gasteiger charge is 2.32. The van der Waals surface area contributed by atoms with Crippen LogP contribution in [-0.4, -0.2) is 18.5 Å². The second-order valence-corrected chi connectivity index (χ2v) is 4.40. The van der Waals surface area contributed by atoms with Gasteiger partial charge in [-0.3, -0.25) is 4.79 Å². The molecule has 1 aliphatic carbocycles. The first kappa shape index (κ1) is 10.5. The SMILES string of the molecule is CC[C@H](N)C(=O)NCC1(C)CCC1. The molecule has 0 aromatic carbocycles. The number of hydrogen-bond acceptors (Lipinski definition) is 2. The molecule has 3 nitrogen and oxygen atoms in total. The lowest BCUT2D eigenvalue weighted by molar-refractivity contribution is -0.123. The van der Waals surface area contributed by atoms with E-state index in [-0.39, 0.29) is 11.9 Å². The summed E-state index contributed by atoms with van der Waals surface area (Å²) in [7, 11) is 0. The Kier molecular flexibility index (Phi) is 3.31. The van der Waals surface area contributed by atoms with Crippen LogP contribution in [0.4, 0.5) is 0 Å². The van der Waals surface area contributed by atoms with Crippen molar-refractivity contribution in [3.05, 3.63) is 0 Å². The van der Waals surface area contributed by atoms with Crippen molar-refractivity contribution in [3.8, 4) is 0 Å². The number of rotatable bonds is 4. The Bertz CT molecular complexity index is 187. The van der Waals surface area contributed by atoms with Crippen molar-refractivity contribution >= 4 is 5.91 Å². The number of nitrogens with one attached hydrogen (secondary N) is 1. The van der Waals surface area contributed by atoms with Crippen LogP contribution in [0, 0.1) is 5.41 Å². The van der Waals surface area contributed by atoms with E-state index in [0.29, 0.717) is 11.8 Å². The minimum absolute atomic E-state index is 0.00405. The Morgan fingerprint density at radius 3 is 2.62 bits per heavy atom. The second kappa shape index (κ2) is 4.09. The molecule has 1 amide bonds. The first-order chi connectivity index (χ1) is 6.07. The summed E-state index contributed by atoms with van der Waals surface area (Å²) in [4.78, 5) is 11.3. The third-order valence-corrected chi connectivity index (χ3v) is 3.03. The van der Waals surface area contributed by atoms with Crippen LogP contribution in [0.25, 0.3) is 0 Å². The molecular weight excluding hydrogens is 164 g/mol. The van der Waals surface area contributed by atoms with E-state index in [9.17, 15) is 4.79 Å². The van der Waals surface area contributed by atoms with Gasteiger partial charge in [-0.15, -0.1) is 0 Å². The van der Waals surface area contributed by atoms with Gasteiger partial charge in [0.2, 0.25) is 5.91 Å². The van der Waals surface area contributed by atoms with E-state index in [0.717, 1.165) is 6.54 Å². The number of amides is 1. The molecule has 0 aliphatic heterocycles. The number of nitrogens with two attached hydrogens (primary N) is 1. The fraction of sp³-hybridized carbons (Fsp3) is 0.900. The van der Waals surface area contributed by atoms with E-state index >= 15 is 0 Å². The molecule has 1 rings (SSSR count). The third kappa shape index (κ3) is 2.69. The third-order valence-electron chi connectivity index (χ3n) is 3.03. The van der Waals surface area contributed by atoms with Gasteiger partial charge in [0.1, 0.15) is 0 Å². The summed E-state index contributed by atoms with van der Waals surface area (Å²) < 4.78 is 0. The second-order valence-electron chi connectivity index (χ2n) is 4.40. The quantitative estimate of drug-likeness (QED) is 0.685. The van der Waals surface area contributed by atoms with Crippen molar-refractivity contribution in [1.29, 1.82) is 0 Å². The lowest BCUT2D eigenvalue weighted by Gasteiger charge is -2.38. The van der Waals surface area contributed by atoms with Crippen LogP contribution in [0.15, 0.2) is 0 Å². The topological polar surface area (TPSA) is 55.1 Å². The Morgan fingerprint density at radius 1 is 1.62 bits per heavy atom. The molecular formula is C10H20N2O. The molecule has 1 atom stereocenters. The first-order valence-electron chi connectivity index (χ1n) is 5.11. The average Bonchev–Trinajstić information content (AvgIpc) is 2.09. The van der Waals surface area contributed by atoms with Crippen molar-refractivity contribution in [2.24, 2.45) is 11.1 Å². The Labute approximate surface area is 80.1 Å². The van der Waals surface area contributed by atoms with Crippen LogP contribution < -0.4 is 11.1 Å². The van der Waals surface area contributed by atoms with E-state index in [1.165, 1.54) is 19.3 Å². The Morgan fingerprint density at radius 2 is 2.23 bits per heavy atom. The van der Waals surface area contributed by atoms with Gasteiger partial charge in [-0.2, -0.15) is 0 Å². The average molecular weight is 184 g/mol. The van der Waals surface area contributed by atoms with Gasteiger partial charge in [-0.05, 0) is 24.7 Å². The Balaban J connectivity index is 2.21. The van der Waals surface area contributed by atoms with Gasteiger partial charge in [-0.25, -0.2) is 0 Å². The summed E-state index contributed by atoms with van der Waals surface area (Å²) in [6.07, 6.45) is 4.47. The van der Waals surface area contributed by atoms with E-state index < -0.39 is 0 Å². The predicted molar refractivity (Wildman–Crippen MR) is 53.2 cm³/mol. The molecule has 0 saturated heterocycles. The van der Waals surface area contributed by atoms with Crippen LogP contribution in [0.1, 0.15) is 39.5 Å². The summed E-state index contributed by atoms with van der Waals surface area (Å²) in [6, 6.07) is -0.330. The molecule has 76 valence electrons. The zero-order valence-corrected chi connectivity index (χ0v) is 8.60. The summed E-state index contributed by atoms with van der Waals surface area (Å²) in [6.45, 7) is 4.93. The monoisotopic (exact) mass is 184 g/mol. The van der Waals surface area contributed by atoms with E-state index in [1.54, 1.807) is 0 Å². The number of hydrogen-bond donors (Lipinski definition) is 2. The Hall–Kier alpha value is -0.570. The molecule has 0 bridgehead atoms. The maximum absolute atomic E-state index is 11.3. The van der Waals surface area contributed by atoms with Crippen molar-refractivity contribution in [3.63, 3.8) is 0 Å². The molecule has 3 heteroatoms. The van der Waals surface area contributed by atoms with Gasteiger partial charge in [0.05, 0.1) is 6.04 Å². The van der Waals surface area contributed by atoms with Crippen LogP contribution in [0.3, 0.4) is 0 Å². The molecule has 13 heavy (non-hydrogen) atoms. The molecule has 0 unspecified atom stereocenters. The lowest BCUT2D eigenvalue weighted by Crippen LogP contribution is -2.46. The smallest absolute Gasteiger partial charge is 0.236 e. The highest BCUT2D eigenvalue weighted by Crippen LogP contribution is 2.39. The van der Waals surface area contributed by atoms with Crippen LogP contribution >= 0.6 is 0 Å². The van der Waals surface area contributed by atoms with Gasteiger partial charge in [0, 0.05) is 6.54 Å². The summed E-state index contributed by atoms with van der Waals surface area (Å²) in [5.41, 5.74) is 5.94. The molecule has 0 aromatic rings. The molecule has 1 saturated carbocycles. The van der Waals surface area contributed by atoms with Gasteiger partial charge >= 0.3 is 0 Å². The van der Waals surface area contributed by atoms with Crippen molar-refractivity contribution < 1.29 is 4.79 Å². The maximum atomic E-state index is 11.3. The normalized spacial score (nSPS) is 21.8. The van der Waals surface area contributed by atoms with Gasteiger partial charge in [-0.1, -0.05) is 20.3 Å². The van der Waals surface area contributed by atoms with E-state index in [2.05, 4.69) is 12.2 Å². The van der Waals surface area contributed by atoms with Crippen LogP contribution in [0.5, 0.6) is 0 Å². The molecule has 0 heterocycles. The lowest BCUT2D eigenvalue weighted by atomic mass is 9.70. The largest absolute Gasteiger partial charge is 0.354 e. The molecule has 0 radical (unpaired) electrons. The fourth-order valence-corrected chi connectivity index (χ4v) is 1.57. The van der Waals surface area contributed by atoms with Crippen molar-refractivity contribution in [2.45, 2.75) is 45.6 Å². The van der Waals surface area contributed by atoms with Gasteiger partial charge < -0.3 is 11.1 Å². The standard InChI is InChI=1S/C10H20N2O/c1-3-8(11)9(13)12-7-10(2)5-4-6-10/h8H,3-7,11H2,1-2H3,(H,12,13)/t8-/m0/s1. The van der Waals surface area contributed by atoms with Crippen LogP contribution in [0.2, 0.25) is 0 Å². The highest BCUT2D eigenvalue weighted by atomic mass is 16.2. The first-order valence-corrected chi connectivity index (χ1v) is 5.11. The molecule has 0 spiro atoms. The highest BCUT2D eigenvalue weighted by molar-refractivity contribution is 5.81. The van der Waals surface area contributed by atoms with E-state index in [4.69, 9.17) is 5.73 Å². The minimum Gasteiger partial charge on any atom is -0.354 e. The zero-order valence-electron chi connectivity index (χ0n) is 8.60. The zero-order chi connectivity index (χ0) is 9.90. The number of carbonyl (C=O) groups is 1. The summed E-state index contributed by atoms with van der Waals surface area (Å²) in [5.74, 6) is -0.00405. The van der Waals surface area contributed by atoms with Crippen LogP contribution in [-0.2, 0) is 4.79 Å².